The third kappa shape index (κ3) is 7.49. The highest BCUT2D eigenvalue weighted by atomic mass is 28.3. The minimum Gasteiger partial charge on any atom is -0.456 e. The second-order valence-corrected chi connectivity index (χ2v) is 29.4. The number of para-hydroxylation sites is 3. The van der Waals surface area contributed by atoms with Crippen LogP contribution in [0.25, 0.3) is 88.1 Å². The van der Waals surface area contributed by atoms with Gasteiger partial charge in [-0.2, -0.15) is 0 Å². The van der Waals surface area contributed by atoms with Gasteiger partial charge in [-0.1, -0.05) is 273 Å². The fourth-order valence-electron chi connectivity index (χ4n) is 14.2. The van der Waals surface area contributed by atoms with Crippen molar-refractivity contribution in [2.75, 3.05) is 0 Å². The molecule has 0 fully saturated rings. The molecule has 0 atom stereocenters. The smallest absolute Gasteiger partial charge is 0.180 e. The van der Waals surface area contributed by atoms with Crippen molar-refractivity contribution in [3.8, 4) is 22.5 Å². The van der Waals surface area contributed by atoms with E-state index in [2.05, 4.69) is 337 Å². The van der Waals surface area contributed by atoms with Gasteiger partial charge in [0.15, 0.2) is 16.1 Å². The molecule has 3 aromatic heterocycles. The van der Waals surface area contributed by atoms with Crippen molar-refractivity contribution >= 4 is 123 Å². The summed E-state index contributed by atoms with van der Waals surface area (Å²) in [4.78, 5) is 0. The zero-order valence-electron chi connectivity index (χ0n) is 45.5. The Morgan fingerprint density at radius 1 is 0.241 bits per heavy atom. The van der Waals surface area contributed by atoms with Crippen LogP contribution < -0.4 is 41.5 Å². The average molecular weight is 1090 g/mol. The average Bonchev–Trinajstić information content (AvgIpc) is 4.44. The van der Waals surface area contributed by atoms with E-state index in [0.29, 0.717) is 0 Å². The maximum Gasteiger partial charge on any atom is 0.180 e. The zero-order valence-corrected chi connectivity index (χ0v) is 47.5. The molecule has 3 heterocycles. The Hall–Kier alpha value is -10.3. The molecule has 0 aliphatic rings. The molecule has 0 aliphatic heterocycles. The second-order valence-electron chi connectivity index (χ2n) is 21.8. The predicted octanol–water partition coefficient (Wildman–Crippen LogP) is 14.2. The Kier molecular flexibility index (Phi) is 11.6. The molecule has 5 heteroatoms. The number of nitrogens with zero attached hydrogens (tertiary/aromatic N) is 2. The van der Waals surface area contributed by atoms with Crippen molar-refractivity contribution in [3.05, 3.63) is 328 Å². The van der Waals surface area contributed by atoms with Gasteiger partial charge in [0.05, 0.1) is 27.8 Å². The zero-order chi connectivity index (χ0) is 54.9. The summed E-state index contributed by atoms with van der Waals surface area (Å²) < 4.78 is 11.6. The van der Waals surface area contributed by atoms with Gasteiger partial charge < -0.3 is 13.6 Å². The normalized spacial score (nSPS) is 12.1. The minimum atomic E-state index is -3.11. The first kappa shape index (κ1) is 48.6. The van der Waals surface area contributed by atoms with E-state index in [1.54, 1.807) is 0 Å². The van der Waals surface area contributed by atoms with Crippen LogP contribution in [0.4, 0.5) is 0 Å². The molecule has 13 aromatic carbocycles. The van der Waals surface area contributed by atoms with Crippen molar-refractivity contribution in [2.45, 2.75) is 0 Å². The molecule has 0 saturated heterocycles. The van der Waals surface area contributed by atoms with Crippen LogP contribution in [0.1, 0.15) is 0 Å². The van der Waals surface area contributed by atoms with Crippen LogP contribution in [-0.2, 0) is 0 Å². The Labute approximate surface area is 483 Å². The number of fused-ring (bicyclic) bond motifs is 9. The number of rotatable bonds is 11. The van der Waals surface area contributed by atoms with Crippen LogP contribution >= 0.6 is 0 Å². The van der Waals surface area contributed by atoms with Crippen molar-refractivity contribution in [1.29, 1.82) is 0 Å². The van der Waals surface area contributed by atoms with Crippen LogP contribution in [0.3, 0.4) is 0 Å². The Morgan fingerprint density at radius 2 is 0.675 bits per heavy atom. The van der Waals surface area contributed by atoms with E-state index in [1.165, 1.54) is 85.2 Å². The molecular weight excluding hydrogens is 1040 g/mol. The van der Waals surface area contributed by atoms with Gasteiger partial charge in [0.25, 0.3) is 0 Å². The summed E-state index contributed by atoms with van der Waals surface area (Å²) in [6, 6.07) is 122. The lowest BCUT2D eigenvalue weighted by atomic mass is 10.1. The monoisotopic (exact) mass is 1090 g/mol. The number of aromatic nitrogens is 2. The standard InChI is InChI=1S/C78H54N2OSi2/c1-6-26-55(27-7-1)56-28-22-38-62(52-56)83(60-34-12-4-13-35-60,61-36-14-5-15-37-61)76-49-25-47-73-78(76)67-42-17-20-44-70(67)80(73)72-46-24-45-71-77(72)66-41-16-19-43-69(66)79(71)57-29-23-39-63(53-57)82(58-30-8-2-9-31-58,59-32-10-3-11-33-59)64-50-51-75-68(54-64)65-40-18-21-48-74(65)81-75/h1-54H. The van der Waals surface area contributed by atoms with Crippen molar-refractivity contribution in [1.82, 2.24) is 9.13 Å². The van der Waals surface area contributed by atoms with Crippen LogP contribution in [-0.4, -0.2) is 25.3 Å². The van der Waals surface area contributed by atoms with Gasteiger partial charge in [0, 0.05) is 38.0 Å². The molecule has 16 aromatic rings. The number of furan rings is 1. The number of hydrogen-bond acceptors (Lipinski definition) is 1. The quantitative estimate of drug-likeness (QED) is 0.0935. The molecule has 0 radical (unpaired) electrons. The fourth-order valence-corrected chi connectivity index (χ4v) is 24.0. The van der Waals surface area contributed by atoms with Gasteiger partial charge in [0.1, 0.15) is 11.2 Å². The second kappa shape index (κ2) is 19.7. The highest BCUT2D eigenvalue weighted by Crippen LogP contribution is 2.40. The molecule has 0 spiro atoms. The number of benzene rings is 13. The molecule has 16 rings (SSSR count). The summed E-state index contributed by atoms with van der Waals surface area (Å²) in [5.41, 5.74) is 11.2. The van der Waals surface area contributed by atoms with Gasteiger partial charge in [-0.05, 0) is 107 Å². The maximum absolute atomic E-state index is 6.48. The SMILES string of the molecule is c1ccc(-c2cccc([Si](c3ccccc3)(c3ccccc3)c3cccc4c3c3ccccc3n4-c3cccc4c3c3ccccc3n4-c3cccc([Si](c4ccccc4)(c4ccccc4)c4ccc5oc6ccccc6c5c4)c3)c2)cc1. The Morgan fingerprint density at radius 3 is 1.33 bits per heavy atom. The molecule has 390 valence electrons. The van der Waals surface area contributed by atoms with Gasteiger partial charge in [0.2, 0.25) is 0 Å². The first-order valence-electron chi connectivity index (χ1n) is 28.7. The van der Waals surface area contributed by atoms with Gasteiger partial charge in [-0.15, -0.1) is 0 Å². The maximum atomic E-state index is 6.48. The van der Waals surface area contributed by atoms with E-state index in [9.17, 15) is 0 Å². The summed E-state index contributed by atoms with van der Waals surface area (Å²) in [6.45, 7) is 0. The van der Waals surface area contributed by atoms with Crippen molar-refractivity contribution < 1.29 is 4.42 Å². The van der Waals surface area contributed by atoms with Crippen LogP contribution in [0.15, 0.2) is 332 Å². The van der Waals surface area contributed by atoms with E-state index in [-0.39, 0.29) is 0 Å². The van der Waals surface area contributed by atoms with E-state index in [1.807, 2.05) is 0 Å². The molecule has 0 aliphatic carbocycles. The first-order valence-corrected chi connectivity index (χ1v) is 32.7. The highest BCUT2D eigenvalue weighted by Gasteiger charge is 2.44. The lowest BCUT2D eigenvalue weighted by molar-refractivity contribution is 0.669. The Balaban J connectivity index is 0.953. The molecule has 3 nitrogen and oxygen atoms in total. The summed E-state index contributed by atoms with van der Waals surface area (Å²) in [5.74, 6) is 0. The lowest BCUT2D eigenvalue weighted by Crippen LogP contribution is -2.74. The molecule has 0 bridgehead atoms. The summed E-state index contributed by atoms with van der Waals surface area (Å²) in [7, 11) is -6.15. The predicted molar refractivity (Wildman–Crippen MR) is 355 cm³/mol. The van der Waals surface area contributed by atoms with Crippen LogP contribution in [0, 0.1) is 0 Å². The van der Waals surface area contributed by atoms with Crippen LogP contribution in [0.5, 0.6) is 0 Å². The van der Waals surface area contributed by atoms with E-state index in [0.717, 1.165) is 44.3 Å². The van der Waals surface area contributed by atoms with Gasteiger partial charge in [-0.3, -0.25) is 0 Å². The van der Waals surface area contributed by atoms with E-state index in [4.69, 9.17) is 4.42 Å². The molecular formula is C78H54N2OSi2. The fraction of sp³-hybridized carbons (Fsp3) is 0. The molecule has 0 N–H and O–H groups in total. The summed E-state index contributed by atoms with van der Waals surface area (Å²) in [5, 5.41) is 17.8. The lowest BCUT2D eigenvalue weighted by Gasteiger charge is -2.35. The third-order valence-electron chi connectivity index (χ3n) is 17.6. The largest absolute Gasteiger partial charge is 0.456 e. The molecule has 0 amide bonds. The van der Waals surface area contributed by atoms with Gasteiger partial charge >= 0.3 is 0 Å². The Bertz CT molecular complexity index is 5010. The number of hydrogen-bond donors (Lipinski definition) is 0. The topological polar surface area (TPSA) is 23.0 Å². The third-order valence-corrected chi connectivity index (χ3v) is 27.1. The van der Waals surface area contributed by atoms with Crippen LogP contribution in [0.2, 0.25) is 0 Å². The first-order chi connectivity index (χ1) is 41.2. The van der Waals surface area contributed by atoms with Crippen molar-refractivity contribution in [3.63, 3.8) is 0 Å². The molecule has 83 heavy (non-hydrogen) atoms. The minimum absolute atomic E-state index is 0.899. The van der Waals surface area contributed by atoms with E-state index < -0.39 is 16.1 Å². The van der Waals surface area contributed by atoms with Gasteiger partial charge in [-0.25, -0.2) is 0 Å². The summed E-state index contributed by atoms with van der Waals surface area (Å²) >= 11 is 0. The highest BCUT2D eigenvalue weighted by molar-refractivity contribution is 7.21. The van der Waals surface area contributed by atoms with Crippen molar-refractivity contribution in [2.24, 2.45) is 0 Å². The molecule has 0 unspecified atom stereocenters. The van der Waals surface area contributed by atoms with E-state index >= 15 is 0 Å². The summed E-state index contributed by atoms with van der Waals surface area (Å²) in [6.07, 6.45) is 0. The molecule has 0 saturated carbocycles.